The van der Waals surface area contributed by atoms with Gasteiger partial charge in [-0.3, -0.25) is 0 Å². The highest BCUT2D eigenvalue weighted by Crippen LogP contribution is 2.10. The zero-order valence-corrected chi connectivity index (χ0v) is 8.29. The molecule has 6 atom stereocenters. The molecule has 0 unspecified atom stereocenters. The zero-order chi connectivity index (χ0) is 12.9. The average Bonchev–Trinajstić information content (AvgIpc) is 2.32. The van der Waals surface area contributed by atoms with E-state index in [2.05, 4.69) is 0 Å². The van der Waals surface area contributed by atoms with E-state index in [1.807, 2.05) is 0 Å². The molecule has 0 heterocycles. The maximum atomic E-state index is 10.1. The Balaban J connectivity index is 4.47. The van der Waals surface area contributed by atoms with Crippen LogP contribution in [0.1, 0.15) is 0 Å². The van der Waals surface area contributed by atoms with Gasteiger partial charge in [-0.1, -0.05) is 0 Å². The van der Waals surface area contributed by atoms with Crippen LogP contribution in [0.4, 0.5) is 0 Å². The van der Waals surface area contributed by atoms with Crippen molar-refractivity contribution in [3.63, 3.8) is 0 Å². The Hall–Kier alpha value is -0.610. The molecule has 0 fully saturated rings. The highest BCUT2D eigenvalue weighted by Gasteiger charge is 2.36. The number of aliphatic hydroxyl groups excluding tert-OH is 7. The third-order valence-corrected chi connectivity index (χ3v) is 2.12. The second-order valence-electron chi connectivity index (χ2n) is 3.34. The lowest BCUT2D eigenvalue weighted by atomic mass is 9.97. The van der Waals surface area contributed by atoms with Gasteiger partial charge in [-0.2, -0.15) is 0 Å². The topological polar surface area (TPSA) is 159 Å². The van der Waals surface area contributed by atoms with Crippen LogP contribution in [0.2, 0.25) is 0 Å². The van der Waals surface area contributed by atoms with Crippen molar-refractivity contribution in [1.29, 1.82) is 0 Å². The van der Waals surface area contributed by atoms with E-state index in [1.54, 1.807) is 0 Å². The maximum absolute atomic E-state index is 10.1. The van der Waals surface area contributed by atoms with Gasteiger partial charge in [0.1, 0.15) is 36.6 Å². The van der Waals surface area contributed by atoms with Crippen molar-refractivity contribution < 1.29 is 40.5 Å². The van der Waals surface area contributed by atoms with Crippen LogP contribution in [-0.4, -0.2) is 85.3 Å². The third kappa shape index (κ3) is 3.76. The molecule has 0 bridgehead atoms. The summed E-state index contributed by atoms with van der Waals surface area (Å²) in [6.45, 7) is -0.864. The van der Waals surface area contributed by atoms with Gasteiger partial charge in [0.15, 0.2) is 6.29 Å². The molecule has 0 aliphatic heterocycles. The monoisotopic (exact) mass is 240 g/mol. The summed E-state index contributed by atoms with van der Waals surface area (Å²) >= 11 is 0. The van der Waals surface area contributed by atoms with Crippen LogP contribution in [-0.2, 0) is 4.79 Å². The molecule has 8 nitrogen and oxygen atoms in total. The van der Waals surface area contributed by atoms with E-state index in [-0.39, 0.29) is 6.29 Å². The van der Waals surface area contributed by atoms with E-state index in [9.17, 15) is 15.0 Å². The van der Waals surface area contributed by atoms with Crippen LogP contribution in [0.15, 0.2) is 0 Å². The molecule has 0 radical (unpaired) electrons. The standard InChI is InChI=1S/C8H16O8/c9-1-3(11)5(13)7(15)8(16)6(14)4(12)2-10/h1,3-8,10-16H,2H2/t3-,4-,5-,6-,7+,8-/m1/s1. The number of hydrogen-bond acceptors (Lipinski definition) is 8. The zero-order valence-electron chi connectivity index (χ0n) is 8.29. The first-order valence-electron chi connectivity index (χ1n) is 4.51. The first-order valence-corrected chi connectivity index (χ1v) is 4.51. The molecular formula is C8H16O8. The summed E-state index contributed by atoms with van der Waals surface area (Å²) in [5.41, 5.74) is 0. The van der Waals surface area contributed by atoms with Gasteiger partial charge in [0.05, 0.1) is 6.61 Å². The minimum Gasteiger partial charge on any atom is -0.394 e. The lowest BCUT2D eigenvalue weighted by Crippen LogP contribution is -2.53. The first kappa shape index (κ1) is 15.4. The summed E-state index contributed by atoms with van der Waals surface area (Å²) in [7, 11) is 0. The van der Waals surface area contributed by atoms with Crippen LogP contribution in [0.5, 0.6) is 0 Å². The Morgan fingerprint density at radius 1 is 0.812 bits per heavy atom. The lowest BCUT2D eigenvalue weighted by molar-refractivity contribution is -0.159. The smallest absolute Gasteiger partial charge is 0.151 e. The molecule has 0 rings (SSSR count). The van der Waals surface area contributed by atoms with E-state index in [1.165, 1.54) is 0 Å². The summed E-state index contributed by atoms with van der Waals surface area (Å²) in [5.74, 6) is 0. The minimum absolute atomic E-state index is 0.0601. The fourth-order valence-corrected chi connectivity index (χ4v) is 1.02. The first-order chi connectivity index (χ1) is 7.36. The van der Waals surface area contributed by atoms with E-state index >= 15 is 0 Å². The van der Waals surface area contributed by atoms with Gasteiger partial charge in [-0.25, -0.2) is 0 Å². The summed E-state index contributed by atoms with van der Waals surface area (Å²) in [4.78, 5) is 10.1. The molecule has 7 N–H and O–H groups in total. The molecule has 0 aromatic carbocycles. The predicted octanol–water partition coefficient (Wildman–Crippen LogP) is -4.66. The average molecular weight is 240 g/mol. The lowest BCUT2D eigenvalue weighted by Gasteiger charge is -2.29. The van der Waals surface area contributed by atoms with Crippen molar-refractivity contribution >= 4 is 6.29 Å². The second kappa shape index (κ2) is 6.86. The molecular weight excluding hydrogens is 224 g/mol. The highest BCUT2D eigenvalue weighted by molar-refractivity contribution is 5.56. The number of aliphatic hydroxyl groups is 7. The van der Waals surface area contributed by atoms with Gasteiger partial charge in [0, 0.05) is 0 Å². The molecule has 0 aliphatic rings. The van der Waals surface area contributed by atoms with Crippen LogP contribution in [0.3, 0.4) is 0 Å². The Bertz CT molecular complexity index is 210. The molecule has 0 aliphatic carbocycles. The predicted molar refractivity (Wildman–Crippen MR) is 49.2 cm³/mol. The second-order valence-corrected chi connectivity index (χ2v) is 3.34. The van der Waals surface area contributed by atoms with Crippen LogP contribution < -0.4 is 0 Å². The van der Waals surface area contributed by atoms with Gasteiger partial charge in [-0.15, -0.1) is 0 Å². The third-order valence-electron chi connectivity index (χ3n) is 2.12. The van der Waals surface area contributed by atoms with Crippen LogP contribution >= 0.6 is 0 Å². The molecule has 0 aromatic heterocycles. The summed E-state index contributed by atoms with van der Waals surface area (Å²) < 4.78 is 0. The molecule has 0 aromatic rings. The van der Waals surface area contributed by atoms with Crippen LogP contribution in [0.25, 0.3) is 0 Å². The Morgan fingerprint density at radius 2 is 1.25 bits per heavy atom. The fourth-order valence-electron chi connectivity index (χ4n) is 1.02. The number of rotatable bonds is 7. The number of hydrogen-bond donors (Lipinski definition) is 7. The van der Waals surface area contributed by atoms with Gasteiger partial charge >= 0.3 is 0 Å². The van der Waals surface area contributed by atoms with Gasteiger partial charge in [-0.05, 0) is 0 Å². The SMILES string of the molecule is O=C[C@@H](O)[C@@H](O)[C@H](O)[C@H](O)[C@H](O)[C@H](O)CO. The van der Waals surface area contributed by atoms with E-state index < -0.39 is 43.2 Å². The maximum Gasteiger partial charge on any atom is 0.151 e. The Labute approximate surface area is 91.0 Å². The molecule has 0 amide bonds. The largest absolute Gasteiger partial charge is 0.394 e. The fraction of sp³-hybridized carbons (Fsp3) is 0.875. The highest BCUT2D eigenvalue weighted by atomic mass is 16.4. The summed E-state index contributed by atoms with van der Waals surface area (Å²) in [5, 5.41) is 63.0. The van der Waals surface area contributed by atoms with Crippen molar-refractivity contribution in [2.24, 2.45) is 0 Å². The Kier molecular flexibility index (Phi) is 6.60. The van der Waals surface area contributed by atoms with Crippen molar-refractivity contribution in [2.75, 3.05) is 6.61 Å². The molecule has 8 heteroatoms. The van der Waals surface area contributed by atoms with Gasteiger partial charge < -0.3 is 40.5 Å². The number of aldehydes is 1. The molecule has 0 saturated heterocycles. The normalized spacial score (nSPS) is 22.9. The quantitative estimate of drug-likeness (QED) is 0.219. The van der Waals surface area contributed by atoms with E-state index in [4.69, 9.17) is 25.5 Å². The van der Waals surface area contributed by atoms with E-state index in [0.717, 1.165) is 0 Å². The van der Waals surface area contributed by atoms with Gasteiger partial charge in [0.25, 0.3) is 0 Å². The van der Waals surface area contributed by atoms with Crippen molar-refractivity contribution in [3.8, 4) is 0 Å². The summed E-state index contributed by atoms with van der Waals surface area (Å²) in [6, 6.07) is 0. The van der Waals surface area contributed by atoms with Crippen molar-refractivity contribution in [1.82, 2.24) is 0 Å². The molecule has 0 saturated carbocycles. The number of carbonyl (C=O) groups is 1. The number of carbonyl (C=O) groups excluding carboxylic acids is 1. The van der Waals surface area contributed by atoms with Crippen molar-refractivity contribution in [3.05, 3.63) is 0 Å². The molecule has 16 heavy (non-hydrogen) atoms. The molecule has 0 spiro atoms. The van der Waals surface area contributed by atoms with Gasteiger partial charge in [0.2, 0.25) is 0 Å². The Morgan fingerprint density at radius 3 is 1.62 bits per heavy atom. The van der Waals surface area contributed by atoms with E-state index in [0.29, 0.717) is 0 Å². The minimum atomic E-state index is -2.05. The van der Waals surface area contributed by atoms with Crippen molar-refractivity contribution in [2.45, 2.75) is 36.6 Å². The summed E-state index contributed by atoms with van der Waals surface area (Å²) in [6.07, 6.45) is -11.7. The van der Waals surface area contributed by atoms with Crippen LogP contribution in [0, 0.1) is 0 Å². The molecule has 96 valence electrons.